The number of halogens is 2. The third-order valence-electron chi connectivity index (χ3n) is 3.89. The predicted octanol–water partition coefficient (Wildman–Crippen LogP) is 3.34. The summed E-state index contributed by atoms with van der Waals surface area (Å²) in [7, 11) is 0. The normalized spacial score (nSPS) is 10.4. The first kappa shape index (κ1) is 18.4. The fraction of sp³-hybridized carbons (Fsp3) is 0.150. The molecule has 27 heavy (non-hydrogen) atoms. The summed E-state index contributed by atoms with van der Waals surface area (Å²) in [6.07, 6.45) is 3.57. The van der Waals surface area contributed by atoms with Gasteiger partial charge in [-0.15, -0.1) is 0 Å². The number of amides is 1. The number of benzene rings is 2. The summed E-state index contributed by atoms with van der Waals surface area (Å²) in [5.74, 6) is -0.478. The number of carbonyl (C=O) groups excluding carboxylic acids is 1. The lowest BCUT2D eigenvalue weighted by atomic mass is 10.1. The van der Waals surface area contributed by atoms with E-state index in [-0.39, 0.29) is 24.1 Å². The van der Waals surface area contributed by atoms with Crippen LogP contribution in [0.15, 0.2) is 60.9 Å². The molecule has 0 fully saturated rings. The lowest BCUT2D eigenvalue weighted by molar-refractivity contribution is 0.0950. The number of hydrogen-bond donors (Lipinski definition) is 2. The van der Waals surface area contributed by atoms with Crippen molar-refractivity contribution in [3.8, 4) is 0 Å². The number of aromatic nitrogens is 2. The second-order valence-corrected chi connectivity index (χ2v) is 5.91. The number of carbonyl (C=O) groups is 1. The predicted molar refractivity (Wildman–Crippen MR) is 98.2 cm³/mol. The van der Waals surface area contributed by atoms with E-state index in [9.17, 15) is 13.6 Å². The van der Waals surface area contributed by atoms with E-state index in [0.29, 0.717) is 24.5 Å². The maximum atomic E-state index is 12.9. The molecule has 5 nitrogen and oxygen atoms in total. The molecule has 138 valence electrons. The lowest BCUT2D eigenvalue weighted by Crippen LogP contribution is -2.23. The van der Waals surface area contributed by atoms with Crippen molar-refractivity contribution >= 4 is 11.9 Å². The zero-order valence-electron chi connectivity index (χ0n) is 14.5. The van der Waals surface area contributed by atoms with E-state index in [2.05, 4.69) is 20.6 Å². The van der Waals surface area contributed by atoms with E-state index in [1.165, 1.54) is 36.7 Å². The van der Waals surface area contributed by atoms with Crippen LogP contribution < -0.4 is 10.6 Å². The molecule has 0 atom stereocenters. The van der Waals surface area contributed by atoms with Crippen LogP contribution >= 0.6 is 0 Å². The Morgan fingerprint density at radius 2 is 1.41 bits per heavy atom. The number of rotatable bonds is 7. The molecule has 0 unspecified atom stereocenters. The van der Waals surface area contributed by atoms with E-state index >= 15 is 0 Å². The van der Waals surface area contributed by atoms with Crippen molar-refractivity contribution in [3.05, 3.63) is 89.2 Å². The molecule has 1 amide bonds. The van der Waals surface area contributed by atoms with Gasteiger partial charge >= 0.3 is 0 Å². The molecule has 0 saturated heterocycles. The molecular weight excluding hydrogens is 350 g/mol. The van der Waals surface area contributed by atoms with Crippen molar-refractivity contribution in [3.63, 3.8) is 0 Å². The van der Waals surface area contributed by atoms with E-state index in [0.717, 1.165) is 11.1 Å². The highest BCUT2D eigenvalue weighted by Crippen LogP contribution is 2.06. The first-order chi connectivity index (χ1) is 13.1. The monoisotopic (exact) mass is 368 g/mol. The summed E-state index contributed by atoms with van der Waals surface area (Å²) < 4.78 is 25.7. The van der Waals surface area contributed by atoms with Gasteiger partial charge in [0.1, 0.15) is 11.6 Å². The first-order valence-electron chi connectivity index (χ1n) is 8.43. The average Bonchev–Trinajstić information content (AvgIpc) is 2.69. The summed E-state index contributed by atoms with van der Waals surface area (Å²) in [5, 5.41) is 5.78. The summed E-state index contributed by atoms with van der Waals surface area (Å²) in [4.78, 5) is 20.3. The molecule has 2 N–H and O–H groups in total. The zero-order valence-corrected chi connectivity index (χ0v) is 14.5. The van der Waals surface area contributed by atoms with Gasteiger partial charge in [0.25, 0.3) is 5.91 Å². The van der Waals surface area contributed by atoms with E-state index in [1.807, 2.05) is 0 Å². The van der Waals surface area contributed by atoms with Gasteiger partial charge in [-0.1, -0.05) is 24.3 Å². The molecule has 0 aliphatic carbocycles. The highest BCUT2D eigenvalue weighted by Gasteiger charge is 2.07. The highest BCUT2D eigenvalue weighted by atomic mass is 19.1. The SMILES string of the molecule is O=C(NCc1ccc(F)cc1)c1cnc(NCCc2ccc(F)cc2)nc1. The molecule has 0 radical (unpaired) electrons. The third-order valence-corrected chi connectivity index (χ3v) is 3.89. The van der Waals surface area contributed by atoms with Crippen LogP contribution in [0.1, 0.15) is 21.5 Å². The number of hydrogen-bond acceptors (Lipinski definition) is 4. The molecular formula is C20H18F2N4O. The Hall–Kier alpha value is -3.35. The zero-order chi connectivity index (χ0) is 19.1. The average molecular weight is 368 g/mol. The van der Waals surface area contributed by atoms with Crippen LogP contribution in [0.3, 0.4) is 0 Å². The Bertz CT molecular complexity index is 881. The Morgan fingerprint density at radius 1 is 0.852 bits per heavy atom. The van der Waals surface area contributed by atoms with Crippen molar-refractivity contribution in [2.24, 2.45) is 0 Å². The van der Waals surface area contributed by atoms with E-state index in [1.54, 1.807) is 24.3 Å². The highest BCUT2D eigenvalue weighted by molar-refractivity contribution is 5.93. The number of nitrogens with zero attached hydrogens (tertiary/aromatic N) is 2. The molecule has 0 aliphatic heterocycles. The Kier molecular flexibility index (Phi) is 6.04. The summed E-state index contributed by atoms with van der Waals surface area (Å²) in [5.41, 5.74) is 2.13. The van der Waals surface area contributed by atoms with Crippen molar-refractivity contribution in [1.29, 1.82) is 0 Å². The van der Waals surface area contributed by atoms with Gasteiger partial charge in [-0.2, -0.15) is 0 Å². The van der Waals surface area contributed by atoms with Crippen molar-refractivity contribution in [2.75, 3.05) is 11.9 Å². The van der Waals surface area contributed by atoms with Crippen LogP contribution in [0, 0.1) is 11.6 Å². The third kappa shape index (κ3) is 5.57. The molecule has 0 spiro atoms. The molecule has 2 aromatic carbocycles. The van der Waals surface area contributed by atoms with Crippen molar-refractivity contribution in [2.45, 2.75) is 13.0 Å². The number of nitrogens with one attached hydrogen (secondary N) is 2. The molecule has 7 heteroatoms. The maximum Gasteiger partial charge on any atom is 0.254 e. The van der Waals surface area contributed by atoms with Gasteiger partial charge in [-0.3, -0.25) is 4.79 Å². The van der Waals surface area contributed by atoms with Crippen LogP contribution in [0.2, 0.25) is 0 Å². The minimum absolute atomic E-state index is 0.261. The Balaban J connectivity index is 1.46. The van der Waals surface area contributed by atoms with E-state index < -0.39 is 0 Å². The maximum absolute atomic E-state index is 12.9. The molecule has 0 bridgehead atoms. The van der Waals surface area contributed by atoms with Crippen molar-refractivity contribution < 1.29 is 13.6 Å². The topological polar surface area (TPSA) is 66.9 Å². The molecule has 3 rings (SSSR count). The smallest absolute Gasteiger partial charge is 0.254 e. The Labute approximate surface area is 155 Å². The number of anilines is 1. The minimum Gasteiger partial charge on any atom is -0.354 e. The van der Waals surface area contributed by atoms with Gasteiger partial charge in [-0.05, 0) is 41.8 Å². The summed E-state index contributed by atoms with van der Waals surface area (Å²) in [6, 6.07) is 12.2. The van der Waals surface area contributed by atoms with Gasteiger partial charge in [0, 0.05) is 25.5 Å². The van der Waals surface area contributed by atoms with Gasteiger partial charge in [0.15, 0.2) is 0 Å². The second-order valence-electron chi connectivity index (χ2n) is 5.91. The summed E-state index contributed by atoms with van der Waals surface area (Å²) >= 11 is 0. The summed E-state index contributed by atoms with van der Waals surface area (Å²) in [6.45, 7) is 0.874. The molecule has 1 heterocycles. The van der Waals surface area contributed by atoms with Crippen LogP contribution in [0.4, 0.5) is 14.7 Å². The molecule has 3 aromatic rings. The van der Waals surface area contributed by atoms with Crippen LogP contribution in [-0.4, -0.2) is 22.4 Å². The van der Waals surface area contributed by atoms with Crippen LogP contribution in [-0.2, 0) is 13.0 Å². The molecule has 1 aromatic heterocycles. The molecule has 0 saturated carbocycles. The quantitative estimate of drug-likeness (QED) is 0.671. The van der Waals surface area contributed by atoms with Gasteiger partial charge in [-0.25, -0.2) is 18.7 Å². The van der Waals surface area contributed by atoms with Gasteiger partial charge < -0.3 is 10.6 Å². The Morgan fingerprint density at radius 3 is 2.00 bits per heavy atom. The first-order valence-corrected chi connectivity index (χ1v) is 8.43. The largest absolute Gasteiger partial charge is 0.354 e. The fourth-order valence-electron chi connectivity index (χ4n) is 2.39. The van der Waals surface area contributed by atoms with Gasteiger partial charge in [0.05, 0.1) is 5.56 Å². The standard InChI is InChI=1S/C20H18F2N4O/c21-17-5-1-14(2-6-17)9-10-23-20-25-12-16(13-26-20)19(27)24-11-15-3-7-18(22)8-4-15/h1-8,12-13H,9-11H2,(H,24,27)(H,23,25,26). The van der Waals surface area contributed by atoms with Crippen LogP contribution in [0.5, 0.6) is 0 Å². The minimum atomic E-state index is -0.319. The van der Waals surface area contributed by atoms with E-state index in [4.69, 9.17) is 0 Å². The fourth-order valence-corrected chi connectivity index (χ4v) is 2.39. The van der Waals surface area contributed by atoms with Crippen LogP contribution in [0.25, 0.3) is 0 Å². The van der Waals surface area contributed by atoms with Gasteiger partial charge in [0.2, 0.25) is 5.95 Å². The molecule has 0 aliphatic rings. The van der Waals surface area contributed by atoms with Crippen molar-refractivity contribution in [1.82, 2.24) is 15.3 Å². The second kappa shape index (κ2) is 8.84. The lowest BCUT2D eigenvalue weighted by Gasteiger charge is -2.07.